The van der Waals surface area contributed by atoms with Gasteiger partial charge < -0.3 is 9.80 Å². The van der Waals surface area contributed by atoms with E-state index in [9.17, 15) is 4.79 Å². The lowest BCUT2D eigenvalue weighted by Gasteiger charge is -2.35. The molecule has 0 bridgehead atoms. The van der Waals surface area contributed by atoms with Gasteiger partial charge in [0.1, 0.15) is 11.4 Å². The Bertz CT molecular complexity index is 534. The number of carbonyl (C=O) groups is 1. The van der Waals surface area contributed by atoms with E-state index in [1.165, 1.54) is 0 Å². The van der Waals surface area contributed by atoms with Crippen molar-refractivity contribution in [1.82, 2.24) is 20.1 Å². The van der Waals surface area contributed by atoms with Gasteiger partial charge in [-0.15, -0.1) is 0 Å². The zero-order valence-electron chi connectivity index (χ0n) is 14.5. The zero-order valence-corrected chi connectivity index (χ0v) is 14.5. The first-order chi connectivity index (χ1) is 11.1. The van der Waals surface area contributed by atoms with E-state index in [-0.39, 0.29) is 11.9 Å². The molecule has 6 nitrogen and oxygen atoms in total. The molecule has 128 valence electrons. The fraction of sp³-hybridized carbons (Fsp3) is 0.824. The van der Waals surface area contributed by atoms with Crippen LogP contribution in [0.15, 0.2) is 4.63 Å². The standard InChI is InChI=1S/C17H28N4O2/c1-12(2)20-9-6-14(7-10-20)11-16(22)21-8-4-5-15(21)17-13(3)18-23-19-17/h12,14-15H,4-11H2,1-3H3/t15-/m0/s1. The molecule has 0 N–H and O–H groups in total. The van der Waals surface area contributed by atoms with Crippen LogP contribution < -0.4 is 0 Å². The first-order valence-electron chi connectivity index (χ1n) is 8.89. The quantitative estimate of drug-likeness (QED) is 0.853. The number of nitrogens with zero attached hydrogens (tertiary/aromatic N) is 4. The van der Waals surface area contributed by atoms with E-state index in [4.69, 9.17) is 4.63 Å². The molecular weight excluding hydrogens is 292 g/mol. The van der Waals surface area contributed by atoms with Gasteiger partial charge in [-0.1, -0.05) is 10.3 Å². The number of likely N-dealkylation sites (tertiary alicyclic amines) is 2. The normalized spacial score (nSPS) is 23.8. The van der Waals surface area contributed by atoms with Crippen molar-refractivity contribution in [2.75, 3.05) is 19.6 Å². The van der Waals surface area contributed by atoms with Crippen LogP contribution in [0.2, 0.25) is 0 Å². The molecule has 6 heteroatoms. The van der Waals surface area contributed by atoms with Crippen LogP contribution >= 0.6 is 0 Å². The van der Waals surface area contributed by atoms with Crippen LogP contribution in [0.5, 0.6) is 0 Å². The lowest BCUT2D eigenvalue weighted by molar-refractivity contribution is -0.133. The number of hydrogen-bond acceptors (Lipinski definition) is 5. The van der Waals surface area contributed by atoms with Gasteiger partial charge >= 0.3 is 0 Å². The van der Waals surface area contributed by atoms with E-state index in [1.54, 1.807) is 0 Å². The summed E-state index contributed by atoms with van der Waals surface area (Å²) < 4.78 is 4.83. The van der Waals surface area contributed by atoms with Gasteiger partial charge in [-0.25, -0.2) is 4.63 Å². The number of aryl methyl sites for hydroxylation is 1. The van der Waals surface area contributed by atoms with Crippen molar-refractivity contribution in [1.29, 1.82) is 0 Å². The number of rotatable bonds is 4. The fourth-order valence-electron chi connectivity index (χ4n) is 3.93. The summed E-state index contributed by atoms with van der Waals surface area (Å²) in [5, 5.41) is 7.89. The maximum absolute atomic E-state index is 12.8. The Morgan fingerprint density at radius 1 is 1.22 bits per heavy atom. The average Bonchev–Trinajstić information content (AvgIpc) is 3.15. The molecule has 2 saturated heterocycles. The molecule has 1 aromatic heterocycles. The van der Waals surface area contributed by atoms with Gasteiger partial charge in [0.05, 0.1) is 6.04 Å². The molecule has 1 atom stereocenters. The van der Waals surface area contributed by atoms with Crippen LogP contribution in [-0.4, -0.2) is 51.7 Å². The molecule has 3 rings (SSSR count). The average molecular weight is 320 g/mol. The summed E-state index contributed by atoms with van der Waals surface area (Å²) in [6, 6.07) is 0.668. The van der Waals surface area contributed by atoms with E-state index in [1.807, 2.05) is 11.8 Å². The van der Waals surface area contributed by atoms with Gasteiger partial charge in [0, 0.05) is 19.0 Å². The molecule has 0 radical (unpaired) electrons. The highest BCUT2D eigenvalue weighted by atomic mass is 16.6. The van der Waals surface area contributed by atoms with Crippen molar-refractivity contribution >= 4 is 5.91 Å². The van der Waals surface area contributed by atoms with Crippen molar-refractivity contribution < 1.29 is 9.42 Å². The van der Waals surface area contributed by atoms with Crippen LogP contribution in [0.4, 0.5) is 0 Å². The fourth-order valence-corrected chi connectivity index (χ4v) is 3.93. The molecule has 0 aromatic carbocycles. The summed E-state index contributed by atoms with van der Waals surface area (Å²) in [5.41, 5.74) is 1.64. The molecule has 2 aliphatic rings. The summed E-state index contributed by atoms with van der Waals surface area (Å²) in [5.74, 6) is 0.799. The smallest absolute Gasteiger partial charge is 0.223 e. The number of piperidine rings is 1. The zero-order chi connectivity index (χ0) is 16.4. The van der Waals surface area contributed by atoms with E-state index in [2.05, 4.69) is 29.1 Å². The molecule has 0 spiro atoms. The first kappa shape index (κ1) is 16.4. The minimum absolute atomic E-state index is 0.0597. The SMILES string of the molecule is Cc1nonc1[C@@H]1CCCN1C(=O)CC1CCN(C(C)C)CC1. The number of carbonyl (C=O) groups excluding carboxylic acids is 1. The second-order valence-corrected chi connectivity index (χ2v) is 7.26. The molecular formula is C17H28N4O2. The largest absolute Gasteiger partial charge is 0.334 e. The van der Waals surface area contributed by atoms with Crippen LogP contribution in [-0.2, 0) is 4.79 Å². The summed E-state index contributed by atoms with van der Waals surface area (Å²) in [6.07, 6.45) is 4.94. The van der Waals surface area contributed by atoms with Gasteiger partial charge in [-0.2, -0.15) is 0 Å². The monoisotopic (exact) mass is 320 g/mol. The molecule has 1 aromatic rings. The van der Waals surface area contributed by atoms with Crippen molar-refractivity contribution in [3.05, 3.63) is 11.4 Å². The highest BCUT2D eigenvalue weighted by molar-refractivity contribution is 5.77. The molecule has 23 heavy (non-hydrogen) atoms. The molecule has 2 aliphatic heterocycles. The van der Waals surface area contributed by atoms with Crippen LogP contribution in [0.3, 0.4) is 0 Å². The van der Waals surface area contributed by atoms with Gasteiger partial charge in [0.2, 0.25) is 5.91 Å². The number of amides is 1. The Labute approximate surface area is 138 Å². The van der Waals surface area contributed by atoms with Crippen molar-refractivity contribution in [2.24, 2.45) is 5.92 Å². The molecule has 1 amide bonds. The van der Waals surface area contributed by atoms with Crippen molar-refractivity contribution in [3.8, 4) is 0 Å². The molecule has 2 fully saturated rings. The van der Waals surface area contributed by atoms with Gasteiger partial charge in [-0.05, 0) is 65.5 Å². The molecule has 0 aliphatic carbocycles. The lowest BCUT2D eigenvalue weighted by atomic mass is 9.92. The van der Waals surface area contributed by atoms with Crippen molar-refractivity contribution in [3.63, 3.8) is 0 Å². The Hall–Kier alpha value is -1.43. The Kier molecular flexibility index (Phi) is 4.99. The Morgan fingerprint density at radius 2 is 1.96 bits per heavy atom. The predicted molar refractivity (Wildman–Crippen MR) is 86.8 cm³/mol. The second kappa shape index (κ2) is 6.99. The molecule has 0 saturated carbocycles. The van der Waals surface area contributed by atoms with E-state index in [0.29, 0.717) is 18.4 Å². The van der Waals surface area contributed by atoms with Crippen LogP contribution in [0.25, 0.3) is 0 Å². The minimum atomic E-state index is 0.0597. The lowest BCUT2D eigenvalue weighted by Crippen LogP contribution is -2.40. The highest BCUT2D eigenvalue weighted by Gasteiger charge is 2.34. The number of aromatic nitrogens is 2. The van der Waals surface area contributed by atoms with Crippen molar-refractivity contribution in [2.45, 2.75) is 65.0 Å². The van der Waals surface area contributed by atoms with Gasteiger partial charge in [-0.3, -0.25) is 4.79 Å². The van der Waals surface area contributed by atoms with E-state index in [0.717, 1.165) is 56.7 Å². The van der Waals surface area contributed by atoms with E-state index < -0.39 is 0 Å². The summed E-state index contributed by atoms with van der Waals surface area (Å²) in [7, 11) is 0. The van der Waals surface area contributed by atoms with Crippen LogP contribution in [0, 0.1) is 12.8 Å². The third-order valence-corrected chi connectivity index (χ3v) is 5.42. The second-order valence-electron chi connectivity index (χ2n) is 7.26. The summed E-state index contributed by atoms with van der Waals surface area (Å²) in [6.45, 7) is 9.45. The third-order valence-electron chi connectivity index (χ3n) is 5.42. The Balaban J connectivity index is 1.57. The maximum Gasteiger partial charge on any atom is 0.223 e. The van der Waals surface area contributed by atoms with E-state index >= 15 is 0 Å². The topological polar surface area (TPSA) is 62.5 Å². The first-order valence-corrected chi connectivity index (χ1v) is 8.89. The molecule has 3 heterocycles. The highest BCUT2D eigenvalue weighted by Crippen LogP contribution is 2.34. The summed E-state index contributed by atoms with van der Waals surface area (Å²) in [4.78, 5) is 17.3. The third kappa shape index (κ3) is 3.57. The van der Waals surface area contributed by atoms with Gasteiger partial charge in [0.25, 0.3) is 0 Å². The number of hydrogen-bond donors (Lipinski definition) is 0. The van der Waals surface area contributed by atoms with Gasteiger partial charge in [0.15, 0.2) is 0 Å². The minimum Gasteiger partial charge on any atom is -0.334 e. The van der Waals surface area contributed by atoms with Crippen LogP contribution in [0.1, 0.15) is 63.4 Å². The Morgan fingerprint density at radius 3 is 2.57 bits per heavy atom. The predicted octanol–water partition coefficient (Wildman–Crippen LogP) is 2.55. The molecule has 0 unspecified atom stereocenters. The summed E-state index contributed by atoms with van der Waals surface area (Å²) >= 11 is 0. The maximum atomic E-state index is 12.8.